The Morgan fingerprint density at radius 2 is 1.77 bits per heavy atom. The fourth-order valence-electron chi connectivity index (χ4n) is 2.94. The molecule has 2 atom stereocenters. The highest BCUT2D eigenvalue weighted by atomic mass is 35.5. The molecular weight excluding hydrogens is 439 g/mol. The van der Waals surface area contributed by atoms with Crippen molar-refractivity contribution in [3.8, 4) is 0 Å². The van der Waals surface area contributed by atoms with E-state index in [9.17, 15) is 9.59 Å². The van der Waals surface area contributed by atoms with Crippen molar-refractivity contribution in [1.82, 2.24) is 10.2 Å². The van der Waals surface area contributed by atoms with E-state index in [4.69, 9.17) is 23.2 Å². The van der Waals surface area contributed by atoms with Crippen molar-refractivity contribution in [3.05, 3.63) is 64.1 Å². The van der Waals surface area contributed by atoms with Crippen LogP contribution >= 0.6 is 35.0 Å². The number of carbonyl (C=O) groups is 2. The maximum atomic E-state index is 13.2. The van der Waals surface area contributed by atoms with Gasteiger partial charge in [0.2, 0.25) is 11.8 Å². The lowest BCUT2D eigenvalue weighted by atomic mass is 10.1. The normalized spacial score (nSPS) is 12.8. The number of amides is 2. The van der Waals surface area contributed by atoms with Gasteiger partial charge in [-0.05, 0) is 49.6 Å². The van der Waals surface area contributed by atoms with Gasteiger partial charge in [0, 0.05) is 27.5 Å². The zero-order valence-corrected chi connectivity index (χ0v) is 19.9. The fraction of sp³-hybridized carbons (Fsp3) is 0.391. The summed E-state index contributed by atoms with van der Waals surface area (Å²) in [6, 6.07) is 14.4. The van der Waals surface area contributed by atoms with Crippen LogP contribution in [0.15, 0.2) is 53.4 Å². The van der Waals surface area contributed by atoms with E-state index in [0.717, 1.165) is 16.9 Å². The Bertz CT molecular complexity index is 848. The molecule has 2 unspecified atom stereocenters. The minimum absolute atomic E-state index is 0.0429. The Kier molecular flexibility index (Phi) is 10.0. The van der Waals surface area contributed by atoms with Crippen molar-refractivity contribution in [3.63, 3.8) is 0 Å². The summed E-state index contributed by atoms with van der Waals surface area (Å²) in [7, 11) is 0. The molecule has 0 saturated carbocycles. The van der Waals surface area contributed by atoms with Gasteiger partial charge in [0.25, 0.3) is 0 Å². The molecule has 0 aromatic heterocycles. The molecule has 2 amide bonds. The van der Waals surface area contributed by atoms with Crippen LogP contribution in [-0.4, -0.2) is 34.6 Å². The second kappa shape index (κ2) is 12.2. The van der Waals surface area contributed by atoms with E-state index in [0.29, 0.717) is 16.5 Å². The molecule has 2 aromatic rings. The minimum atomic E-state index is -0.574. The smallest absolute Gasteiger partial charge is 0.243 e. The lowest BCUT2D eigenvalue weighted by Gasteiger charge is -2.31. The second-order valence-corrected chi connectivity index (χ2v) is 8.99. The van der Waals surface area contributed by atoms with Crippen LogP contribution < -0.4 is 5.32 Å². The summed E-state index contributed by atoms with van der Waals surface area (Å²) in [4.78, 5) is 28.8. The standard InChI is InChI=1S/C23H28Cl2N2O2S/c1-4-16(3)26-23(29)21(5-2)27(14-17-11-12-18(24)13-20(17)25)22(28)15-30-19-9-7-6-8-10-19/h6-13,16,21H,4-5,14-15H2,1-3H3,(H,26,29). The Morgan fingerprint density at radius 3 is 2.37 bits per heavy atom. The van der Waals surface area contributed by atoms with Gasteiger partial charge in [-0.2, -0.15) is 0 Å². The van der Waals surface area contributed by atoms with E-state index < -0.39 is 6.04 Å². The molecular formula is C23H28Cl2N2O2S. The first kappa shape index (κ1) is 24.6. The van der Waals surface area contributed by atoms with Gasteiger partial charge in [-0.15, -0.1) is 11.8 Å². The van der Waals surface area contributed by atoms with Crippen molar-refractivity contribution in [2.24, 2.45) is 0 Å². The summed E-state index contributed by atoms with van der Waals surface area (Å²) in [6.45, 7) is 6.13. The van der Waals surface area contributed by atoms with E-state index in [-0.39, 0.29) is 30.2 Å². The number of rotatable bonds is 10. The van der Waals surface area contributed by atoms with Crippen LogP contribution in [0.2, 0.25) is 10.0 Å². The number of nitrogens with zero attached hydrogens (tertiary/aromatic N) is 1. The Balaban J connectivity index is 2.24. The highest BCUT2D eigenvalue weighted by Crippen LogP contribution is 2.25. The lowest BCUT2D eigenvalue weighted by molar-refractivity contribution is -0.139. The van der Waals surface area contributed by atoms with E-state index in [2.05, 4.69) is 5.32 Å². The molecule has 0 spiro atoms. The fourth-order valence-corrected chi connectivity index (χ4v) is 4.21. The second-order valence-electron chi connectivity index (χ2n) is 7.10. The number of halogens is 2. The quantitative estimate of drug-likeness (QED) is 0.449. The molecule has 0 heterocycles. The summed E-state index contributed by atoms with van der Waals surface area (Å²) in [5.74, 6) is -0.0153. The van der Waals surface area contributed by atoms with Gasteiger partial charge in [0.1, 0.15) is 6.04 Å². The first-order valence-electron chi connectivity index (χ1n) is 10.1. The average Bonchev–Trinajstić information content (AvgIpc) is 2.74. The van der Waals surface area contributed by atoms with Gasteiger partial charge < -0.3 is 10.2 Å². The maximum absolute atomic E-state index is 13.2. The largest absolute Gasteiger partial charge is 0.352 e. The van der Waals surface area contributed by atoms with Gasteiger partial charge in [-0.25, -0.2) is 0 Å². The van der Waals surface area contributed by atoms with Gasteiger partial charge in [0.05, 0.1) is 5.75 Å². The number of hydrogen-bond donors (Lipinski definition) is 1. The van der Waals surface area contributed by atoms with Gasteiger partial charge in [-0.3, -0.25) is 9.59 Å². The van der Waals surface area contributed by atoms with Crippen LogP contribution in [0, 0.1) is 0 Å². The Labute approximate surface area is 193 Å². The third-order valence-corrected chi connectivity index (χ3v) is 6.43. The zero-order chi connectivity index (χ0) is 22.1. The molecule has 0 radical (unpaired) electrons. The van der Waals surface area contributed by atoms with Crippen molar-refractivity contribution in [2.75, 3.05) is 5.75 Å². The summed E-state index contributed by atoms with van der Waals surface area (Å²) in [6.07, 6.45) is 1.33. The summed E-state index contributed by atoms with van der Waals surface area (Å²) < 4.78 is 0. The zero-order valence-electron chi connectivity index (χ0n) is 17.5. The maximum Gasteiger partial charge on any atom is 0.243 e. The molecule has 162 valence electrons. The third kappa shape index (κ3) is 7.22. The highest BCUT2D eigenvalue weighted by Gasteiger charge is 2.29. The number of benzene rings is 2. The summed E-state index contributed by atoms with van der Waals surface area (Å²) in [5.41, 5.74) is 0.758. The van der Waals surface area contributed by atoms with Crippen LogP contribution in [0.1, 0.15) is 39.2 Å². The van der Waals surface area contributed by atoms with Crippen LogP contribution in [0.5, 0.6) is 0 Å². The van der Waals surface area contributed by atoms with Crippen molar-refractivity contribution >= 4 is 46.8 Å². The van der Waals surface area contributed by atoms with Gasteiger partial charge >= 0.3 is 0 Å². The van der Waals surface area contributed by atoms with Gasteiger partial charge in [0.15, 0.2) is 0 Å². The SMILES string of the molecule is CCC(C)NC(=O)C(CC)N(Cc1ccc(Cl)cc1Cl)C(=O)CSc1ccccc1. The molecule has 0 aliphatic heterocycles. The topological polar surface area (TPSA) is 49.4 Å². The van der Waals surface area contributed by atoms with E-state index in [1.54, 1.807) is 23.1 Å². The van der Waals surface area contributed by atoms with Crippen molar-refractivity contribution < 1.29 is 9.59 Å². The Morgan fingerprint density at radius 1 is 1.07 bits per heavy atom. The lowest BCUT2D eigenvalue weighted by Crippen LogP contribution is -2.51. The molecule has 2 rings (SSSR count). The molecule has 0 aliphatic carbocycles. The van der Waals surface area contributed by atoms with E-state index in [1.807, 2.05) is 51.1 Å². The van der Waals surface area contributed by atoms with Crippen LogP contribution in [0.3, 0.4) is 0 Å². The average molecular weight is 467 g/mol. The van der Waals surface area contributed by atoms with E-state index in [1.165, 1.54) is 11.8 Å². The highest BCUT2D eigenvalue weighted by molar-refractivity contribution is 8.00. The number of thioether (sulfide) groups is 1. The Hall–Kier alpha value is -1.69. The van der Waals surface area contributed by atoms with Gasteiger partial charge in [-0.1, -0.05) is 61.3 Å². The molecule has 1 N–H and O–H groups in total. The molecule has 4 nitrogen and oxygen atoms in total. The first-order chi connectivity index (χ1) is 14.3. The van der Waals surface area contributed by atoms with Crippen LogP contribution in [0.4, 0.5) is 0 Å². The molecule has 0 fully saturated rings. The monoisotopic (exact) mass is 466 g/mol. The predicted octanol–water partition coefficient (Wildman–Crippen LogP) is 5.81. The molecule has 0 saturated heterocycles. The van der Waals surface area contributed by atoms with Crippen LogP contribution in [-0.2, 0) is 16.1 Å². The summed E-state index contributed by atoms with van der Waals surface area (Å²) in [5, 5.41) is 4.02. The molecule has 7 heteroatoms. The number of hydrogen-bond acceptors (Lipinski definition) is 3. The third-order valence-electron chi connectivity index (χ3n) is 4.85. The first-order valence-corrected chi connectivity index (χ1v) is 11.8. The number of nitrogens with one attached hydrogen (secondary N) is 1. The van der Waals surface area contributed by atoms with Crippen molar-refractivity contribution in [2.45, 2.75) is 57.1 Å². The summed E-state index contributed by atoms with van der Waals surface area (Å²) >= 11 is 13.8. The van der Waals surface area contributed by atoms with Crippen LogP contribution in [0.25, 0.3) is 0 Å². The number of carbonyl (C=O) groups excluding carboxylic acids is 2. The van der Waals surface area contributed by atoms with Crippen molar-refractivity contribution in [1.29, 1.82) is 0 Å². The molecule has 0 aliphatic rings. The minimum Gasteiger partial charge on any atom is -0.352 e. The molecule has 2 aromatic carbocycles. The molecule has 0 bridgehead atoms. The predicted molar refractivity (Wildman–Crippen MR) is 126 cm³/mol. The molecule has 30 heavy (non-hydrogen) atoms. The van der Waals surface area contributed by atoms with E-state index >= 15 is 0 Å².